The second-order valence-corrected chi connectivity index (χ2v) is 11.1. The molecule has 0 spiro atoms. The van der Waals surface area contributed by atoms with Crippen LogP contribution in [0.2, 0.25) is 0 Å². The highest BCUT2D eigenvalue weighted by Gasteiger charge is 2.32. The number of hydrogen-bond acceptors (Lipinski definition) is 6. The molecule has 3 rings (SSSR count). The van der Waals surface area contributed by atoms with E-state index in [2.05, 4.69) is 29.5 Å². The number of para-hydroxylation sites is 1. The number of alkyl halides is 3. The van der Waals surface area contributed by atoms with Gasteiger partial charge in [0.05, 0.1) is 24.3 Å². The highest BCUT2D eigenvalue weighted by atomic mass is 32.2. The maximum atomic E-state index is 14.0. The Hall–Kier alpha value is -3.60. The normalized spacial score (nSPS) is 12.1. The zero-order valence-electron chi connectivity index (χ0n) is 23.8. The van der Waals surface area contributed by atoms with Gasteiger partial charge in [-0.25, -0.2) is 9.37 Å². The molecule has 1 unspecified atom stereocenters. The lowest BCUT2D eigenvalue weighted by Gasteiger charge is -2.16. The second kappa shape index (κ2) is 15.6. The number of amides is 1. The number of thioether (sulfide) groups is 1. The summed E-state index contributed by atoms with van der Waals surface area (Å²) in [6.45, 7) is 6.47. The number of nitrogens with zero attached hydrogens (tertiary/aromatic N) is 1. The van der Waals surface area contributed by atoms with Gasteiger partial charge in [0.15, 0.2) is 5.82 Å². The number of carbonyl (C=O) groups excluding carboxylic acids is 2. The largest absolute Gasteiger partial charge is 0.465 e. The smallest absolute Gasteiger partial charge is 0.416 e. The van der Waals surface area contributed by atoms with E-state index >= 15 is 0 Å². The van der Waals surface area contributed by atoms with Crippen LogP contribution in [-0.2, 0) is 15.7 Å². The molecule has 226 valence electrons. The minimum Gasteiger partial charge on any atom is -0.465 e. The van der Waals surface area contributed by atoms with Crippen LogP contribution in [0.4, 0.5) is 34.8 Å². The molecule has 1 amide bonds. The monoisotopic (exact) mass is 605 g/mol. The molecule has 2 N–H and O–H groups in total. The third-order valence-corrected chi connectivity index (χ3v) is 7.56. The summed E-state index contributed by atoms with van der Waals surface area (Å²) in [4.78, 5) is 30.3. The van der Waals surface area contributed by atoms with E-state index < -0.39 is 29.0 Å². The van der Waals surface area contributed by atoms with Gasteiger partial charge < -0.3 is 15.4 Å². The number of hydrogen-bond donors (Lipinski definition) is 2. The van der Waals surface area contributed by atoms with E-state index in [9.17, 15) is 27.2 Å². The van der Waals surface area contributed by atoms with Crippen molar-refractivity contribution in [2.45, 2.75) is 63.9 Å². The van der Waals surface area contributed by atoms with E-state index in [0.29, 0.717) is 41.0 Å². The minimum absolute atomic E-state index is 0.170. The number of unbranched alkanes of at least 4 members (excludes halogenated alkanes) is 1. The van der Waals surface area contributed by atoms with Gasteiger partial charge in [0.25, 0.3) is 5.91 Å². The maximum Gasteiger partial charge on any atom is 0.416 e. The van der Waals surface area contributed by atoms with E-state index in [4.69, 9.17) is 4.74 Å². The summed E-state index contributed by atoms with van der Waals surface area (Å²) in [5.41, 5.74) is 0.0204. The summed E-state index contributed by atoms with van der Waals surface area (Å²) in [5, 5.41) is 5.70. The number of anilines is 3. The average Bonchev–Trinajstić information content (AvgIpc) is 2.94. The standard InChI is InChI=1S/C31H35F4N3O3S/c1-4-6-10-21(5-2)19-41-28(39)12-13-42-25-17-27(29(36-18-25)37-26-11-8-7-9-20(26)3)38-30(40)22-14-23(31(33,34)35)16-24(32)15-22/h7-9,11,14-18,21H,4-6,10,12-13,19H2,1-3H3,(H,36,37)(H,38,40). The molecule has 1 atom stereocenters. The van der Waals surface area contributed by atoms with Crippen molar-refractivity contribution in [3.63, 3.8) is 0 Å². The summed E-state index contributed by atoms with van der Waals surface area (Å²) >= 11 is 1.31. The maximum absolute atomic E-state index is 14.0. The van der Waals surface area contributed by atoms with Crippen LogP contribution >= 0.6 is 11.8 Å². The first-order valence-corrected chi connectivity index (χ1v) is 14.8. The predicted octanol–water partition coefficient (Wildman–Crippen LogP) is 8.79. The molecule has 0 aliphatic carbocycles. The molecule has 0 saturated heterocycles. The van der Waals surface area contributed by atoms with Crippen LogP contribution in [0.3, 0.4) is 0 Å². The summed E-state index contributed by atoms with van der Waals surface area (Å²) in [6, 6.07) is 10.6. The fourth-order valence-corrected chi connectivity index (χ4v) is 4.91. The number of aromatic nitrogens is 1. The molecule has 11 heteroatoms. The van der Waals surface area contributed by atoms with Crippen molar-refractivity contribution in [2.24, 2.45) is 5.92 Å². The van der Waals surface area contributed by atoms with E-state index in [1.54, 1.807) is 12.3 Å². The Balaban J connectivity index is 1.75. The number of esters is 1. The quantitative estimate of drug-likeness (QED) is 0.109. The molecule has 0 fully saturated rings. The third kappa shape index (κ3) is 10.0. The summed E-state index contributed by atoms with van der Waals surface area (Å²) in [6.07, 6.45) is 1.06. The van der Waals surface area contributed by atoms with Crippen LogP contribution in [0, 0.1) is 18.7 Å². The first-order valence-electron chi connectivity index (χ1n) is 13.8. The number of benzene rings is 2. The number of carbonyl (C=O) groups is 2. The molecule has 3 aromatic rings. The van der Waals surface area contributed by atoms with Gasteiger partial charge in [-0.1, -0.05) is 51.3 Å². The Kier molecular flexibility index (Phi) is 12.2. The number of nitrogens with one attached hydrogen (secondary N) is 2. The van der Waals surface area contributed by atoms with Gasteiger partial charge >= 0.3 is 12.1 Å². The van der Waals surface area contributed by atoms with Crippen LogP contribution in [0.25, 0.3) is 0 Å². The number of halogens is 4. The van der Waals surface area contributed by atoms with E-state index in [0.717, 1.165) is 37.3 Å². The van der Waals surface area contributed by atoms with Gasteiger partial charge in [-0.2, -0.15) is 13.2 Å². The number of ether oxygens (including phenoxy) is 1. The Bertz CT molecular complexity index is 1370. The van der Waals surface area contributed by atoms with Gasteiger partial charge in [-0.15, -0.1) is 11.8 Å². The molecule has 0 aliphatic heterocycles. The second-order valence-electron chi connectivity index (χ2n) is 9.89. The summed E-state index contributed by atoms with van der Waals surface area (Å²) < 4.78 is 59.1. The van der Waals surface area contributed by atoms with Crippen LogP contribution in [0.5, 0.6) is 0 Å². The van der Waals surface area contributed by atoms with Crippen molar-refractivity contribution in [2.75, 3.05) is 23.0 Å². The topological polar surface area (TPSA) is 80.3 Å². The molecule has 42 heavy (non-hydrogen) atoms. The highest BCUT2D eigenvalue weighted by Crippen LogP contribution is 2.32. The lowest BCUT2D eigenvalue weighted by atomic mass is 10.0. The molecule has 0 radical (unpaired) electrons. The fraction of sp³-hybridized carbons (Fsp3) is 0.387. The molecule has 0 aliphatic rings. The first-order chi connectivity index (χ1) is 20.0. The lowest BCUT2D eigenvalue weighted by Crippen LogP contribution is -2.16. The Morgan fingerprint density at radius 2 is 1.83 bits per heavy atom. The van der Waals surface area contributed by atoms with Crippen LogP contribution in [0.1, 0.15) is 67.4 Å². The Morgan fingerprint density at radius 3 is 2.52 bits per heavy atom. The van der Waals surface area contributed by atoms with Crippen molar-refractivity contribution in [1.29, 1.82) is 0 Å². The van der Waals surface area contributed by atoms with E-state index in [1.165, 1.54) is 11.8 Å². The van der Waals surface area contributed by atoms with Crippen LogP contribution in [0.15, 0.2) is 59.6 Å². The minimum atomic E-state index is -4.82. The SMILES string of the molecule is CCCCC(CC)COC(=O)CCSc1cnc(Nc2ccccc2C)c(NC(=O)c2cc(F)cc(C(F)(F)F)c2)c1. The predicted molar refractivity (Wildman–Crippen MR) is 158 cm³/mol. The van der Waals surface area contributed by atoms with Gasteiger partial charge in [0.2, 0.25) is 0 Å². The highest BCUT2D eigenvalue weighted by molar-refractivity contribution is 7.99. The van der Waals surface area contributed by atoms with Crippen molar-refractivity contribution in [1.82, 2.24) is 4.98 Å². The summed E-state index contributed by atoms with van der Waals surface area (Å²) in [7, 11) is 0. The molecule has 2 aromatic carbocycles. The van der Waals surface area contributed by atoms with Gasteiger partial charge in [-0.05, 0) is 55.2 Å². The molecule has 0 saturated carbocycles. The molecular weight excluding hydrogens is 570 g/mol. The number of rotatable bonds is 14. The molecular formula is C31H35F4N3O3S. The zero-order chi connectivity index (χ0) is 30.7. The van der Waals surface area contributed by atoms with Crippen LogP contribution < -0.4 is 10.6 Å². The fourth-order valence-electron chi connectivity index (χ4n) is 4.07. The molecule has 6 nitrogen and oxygen atoms in total. The first kappa shape index (κ1) is 32.9. The van der Waals surface area contributed by atoms with Crippen molar-refractivity contribution in [3.8, 4) is 0 Å². The van der Waals surface area contributed by atoms with Crippen LogP contribution in [-0.4, -0.2) is 29.2 Å². The van der Waals surface area contributed by atoms with Gasteiger partial charge in [0, 0.05) is 28.1 Å². The lowest BCUT2D eigenvalue weighted by molar-refractivity contribution is -0.144. The third-order valence-electron chi connectivity index (χ3n) is 6.59. The zero-order valence-corrected chi connectivity index (χ0v) is 24.6. The van der Waals surface area contributed by atoms with Crippen molar-refractivity contribution >= 4 is 40.8 Å². The summed E-state index contributed by atoms with van der Waals surface area (Å²) in [5.74, 6) is -1.44. The Morgan fingerprint density at radius 1 is 1.07 bits per heavy atom. The number of pyridine rings is 1. The van der Waals surface area contributed by atoms with Gasteiger partial charge in [0.1, 0.15) is 5.82 Å². The average molecular weight is 606 g/mol. The van der Waals surface area contributed by atoms with Gasteiger partial charge in [-0.3, -0.25) is 9.59 Å². The number of aryl methyl sites for hydroxylation is 1. The van der Waals surface area contributed by atoms with Crippen molar-refractivity contribution < 1.29 is 31.9 Å². The van der Waals surface area contributed by atoms with Crippen molar-refractivity contribution in [3.05, 3.63) is 77.2 Å². The van der Waals surface area contributed by atoms with E-state index in [1.807, 2.05) is 31.2 Å². The molecule has 0 bridgehead atoms. The molecule has 1 aromatic heterocycles. The molecule has 1 heterocycles. The Labute approximate surface area is 247 Å². The van der Waals surface area contributed by atoms with E-state index in [-0.39, 0.29) is 23.9 Å².